The van der Waals surface area contributed by atoms with Gasteiger partial charge < -0.3 is 15.5 Å². The van der Waals surface area contributed by atoms with E-state index in [2.05, 4.69) is 39.9 Å². The fourth-order valence-electron chi connectivity index (χ4n) is 2.91. The molecule has 0 aliphatic rings. The molecule has 1 aromatic rings. The molecule has 0 saturated heterocycles. The van der Waals surface area contributed by atoms with Crippen molar-refractivity contribution in [1.29, 1.82) is 0 Å². The zero-order chi connectivity index (χ0) is 16.3. The second-order valence-electron chi connectivity index (χ2n) is 7.49. The molecule has 1 rings (SSSR count). The molecule has 0 aliphatic carbocycles. The quantitative estimate of drug-likeness (QED) is 0.699. The number of aliphatic hydroxyl groups is 1. The molecule has 0 heterocycles. The first kappa shape index (κ1) is 18.3. The number of halogens is 1. The van der Waals surface area contributed by atoms with Gasteiger partial charge in [-0.15, -0.1) is 0 Å². The van der Waals surface area contributed by atoms with Crippen molar-refractivity contribution in [2.75, 3.05) is 13.2 Å². The molecule has 0 atom stereocenters. The summed E-state index contributed by atoms with van der Waals surface area (Å²) in [5, 5.41) is 22.4. The smallest absolute Gasteiger partial charge is 0.138 e. The highest BCUT2D eigenvalue weighted by Crippen LogP contribution is 2.40. The number of aromatic hydroxyl groups is 1. The van der Waals surface area contributed by atoms with Crippen LogP contribution in [-0.2, 0) is 12.0 Å². The van der Waals surface area contributed by atoms with Crippen molar-refractivity contribution in [2.24, 2.45) is 5.41 Å². The van der Waals surface area contributed by atoms with Gasteiger partial charge in [-0.2, -0.15) is 0 Å². The van der Waals surface area contributed by atoms with E-state index in [1.165, 1.54) is 0 Å². The third kappa shape index (κ3) is 5.50. The maximum Gasteiger partial charge on any atom is 0.138 e. The molecule has 0 unspecified atom stereocenters. The highest BCUT2D eigenvalue weighted by atomic mass is 35.5. The van der Waals surface area contributed by atoms with Crippen LogP contribution >= 0.6 is 11.6 Å². The molecule has 0 spiro atoms. The van der Waals surface area contributed by atoms with E-state index in [1.54, 1.807) is 0 Å². The van der Waals surface area contributed by atoms with Crippen molar-refractivity contribution in [2.45, 2.75) is 53.0 Å². The molecule has 0 bridgehead atoms. The van der Waals surface area contributed by atoms with Crippen molar-refractivity contribution < 1.29 is 10.2 Å². The molecule has 0 aliphatic heterocycles. The fraction of sp³-hybridized carbons (Fsp3) is 0.647. The first-order valence-corrected chi connectivity index (χ1v) is 7.78. The number of hydrogen-bond donors (Lipinski definition) is 3. The molecule has 120 valence electrons. The van der Waals surface area contributed by atoms with E-state index >= 15 is 0 Å². The van der Waals surface area contributed by atoms with Gasteiger partial charge in [0.2, 0.25) is 0 Å². The number of hydrogen-bond acceptors (Lipinski definition) is 3. The topological polar surface area (TPSA) is 52.5 Å². The summed E-state index contributed by atoms with van der Waals surface area (Å²) in [5.41, 5.74) is 2.08. The highest BCUT2D eigenvalue weighted by Gasteiger charge is 2.28. The Bertz CT molecular complexity index is 478. The van der Waals surface area contributed by atoms with Crippen LogP contribution in [0.25, 0.3) is 0 Å². The van der Waals surface area contributed by atoms with Gasteiger partial charge >= 0.3 is 0 Å². The number of phenols is 1. The minimum absolute atomic E-state index is 0.0265. The van der Waals surface area contributed by atoms with Crippen LogP contribution < -0.4 is 5.32 Å². The largest absolute Gasteiger partial charge is 0.506 e. The van der Waals surface area contributed by atoms with Gasteiger partial charge in [0.15, 0.2) is 0 Å². The predicted octanol–water partition coefficient (Wildman–Crippen LogP) is 3.84. The van der Waals surface area contributed by atoms with E-state index in [0.717, 1.165) is 17.5 Å². The van der Waals surface area contributed by atoms with E-state index in [0.29, 0.717) is 18.1 Å². The van der Waals surface area contributed by atoms with Crippen molar-refractivity contribution >= 4 is 11.6 Å². The molecule has 0 radical (unpaired) electrons. The van der Waals surface area contributed by atoms with Gasteiger partial charge in [0.1, 0.15) is 5.75 Å². The van der Waals surface area contributed by atoms with Crippen LogP contribution in [0.2, 0.25) is 5.02 Å². The summed E-state index contributed by atoms with van der Waals surface area (Å²) in [6, 6.07) is 3.87. The molecule has 21 heavy (non-hydrogen) atoms. The Labute approximate surface area is 133 Å². The Kier molecular flexibility index (Phi) is 6.09. The summed E-state index contributed by atoms with van der Waals surface area (Å²) in [4.78, 5) is 0. The minimum Gasteiger partial charge on any atom is -0.506 e. The van der Waals surface area contributed by atoms with Crippen molar-refractivity contribution in [1.82, 2.24) is 5.32 Å². The summed E-state index contributed by atoms with van der Waals surface area (Å²) in [6.07, 6.45) is 1.02. The van der Waals surface area contributed by atoms with Gasteiger partial charge in [-0.3, -0.25) is 0 Å². The van der Waals surface area contributed by atoms with E-state index in [4.69, 9.17) is 16.7 Å². The van der Waals surface area contributed by atoms with E-state index in [-0.39, 0.29) is 23.2 Å². The van der Waals surface area contributed by atoms with Crippen LogP contribution in [0.5, 0.6) is 5.75 Å². The van der Waals surface area contributed by atoms with Crippen LogP contribution in [0.15, 0.2) is 12.1 Å². The minimum atomic E-state index is -0.0265. The lowest BCUT2D eigenvalue weighted by Gasteiger charge is -2.33. The van der Waals surface area contributed by atoms with Crippen molar-refractivity contribution in [3.05, 3.63) is 28.3 Å². The SMILES string of the molecule is CC(C)(C)CC(C)(C)c1cc(Cl)c(O)c(CNCCO)c1. The standard InChI is InChI=1S/C17H28ClNO2/c1-16(2,3)11-17(4,5)13-8-12(10-19-6-7-20)15(21)14(18)9-13/h8-9,19-21H,6-7,10-11H2,1-5H3. The van der Waals surface area contributed by atoms with E-state index in [1.807, 2.05) is 12.1 Å². The van der Waals surface area contributed by atoms with E-state index in [9.17, 15) is 5.11 Å². The van der Waals surface area contributed by atoms with Crippen LogP contribution in [-0.4, -0.2) is 23.4 Å². The van der Waals surface area contributed by atoms with Crippen LogP contribution in [0, 0.1) is 5.41 Å². The van der Waals surface area contributed by atoms with Gasteiger partial charge in [0.25, 0.3) is 0 Å². The van der Waals surface area contributed by atoms with Crippen molar-refractivity contribution in [3.63, 3.8) is 0 Å². The van der Waals surface area contributed by atoms with Gasteiger partial charge in [0, 0.05) is 18.7 Å². The molecular weight excluding hydrogens is 286 g/mol. The Balaban J connectivity index is 3.08. The van der Waals surface area contributed by atoms with Crippen LogP contribution in [0.4, 0.5) is 0 Å². The average Bonchev–Trinajstić information content (AvgIpc) is 2.31. The lowest BCUT2D eigenvalue weighted by atomic mass is 9.72. The molecule has 0 fully saturated rings. The monoisotopic (exact) mass is 313 g/mol. The van der Waals surface area contributed by atoms with Gasteiger partial charge in [-0.05, 0) is 28.9 Å². The number of aliphatic hydroxyl groups excluding tert-OH is 1. The lowest BCUT2D eigenvalue weighted by molar-refractivity contribution is 0.283. The van der Waals surface area contributed by atoms with Crippen molar-refractivity contribution in [3.8, 4) is 5.75 Å². The molecular formula is C17H28ClNO2. The fourth-order valence-corrected chi connectivity index (χ4v) is 3.15. The third-order valence-electron chi connectivity index (χ3n) is 3.50. The van der Waals surface area contributed by atoms with Gasteiger partial charge in [0.05, 0.1) is 11.6 Å². The number of rotatable bonds is 6. The first-order valence-electron chi connectivity index (χ1n) is 7.40. The third-order valence-corrected chi connectivity index (χ3v) is 3.79. The molecule has 4 heteroatoms. The Morgan fingerprint density at radius 2 is 1.76 bits per heavy atom. The van der Waals surface area contributed by atoms with E-state index < -0.39 is 0 Å². The maximum atomic E-state index is 10.1. The molecule has 3 N–H and O–H groups in total. The Hall–Kier alpha value is -0.770. The zero-order valence-corrected chi connectivity index (χ0v) is 14.5. The Morgan fingerprint density at radius 3 is 2.29 bits per heavy atom. The highest BCUT2D eigenvalue weighted by molar-refractivity contribution is 6.32. The van der Waals surface area contributed by atoms with Gasteiger partial charge in [-0.1, -0.05) is 52.3 Å². The molecule has 0 amide bonds. The zero-order valence-electron chi connectivity index (χ0n) is 13.8. The summed E-state index contributed by atoms with van der Waals surface area (Å²) < 4.78 is 0. The second kappa shape index (κ2) is 6.99. The summed E-state index contributed by atoms with van der Waals surface area (Å²) in [5.74, 6) is 0.123. The molecule has 1 aromatic carbocycles. The number of benzene rings is 1. The first-order chi connectivity index (χ1) is 9.57. The summed E-state index contributed by atoms with van der Waals surface area (Å²) in [7, 11) is 0. The molecule has 0 saturated carbocycles. The molecule has 0 aromatic heterocycles. The normalized spacial score (nSPS) is 12.7. The molecule has 3 nitrogen and oxygen atoms in total. The van der Waals surface area contributed by atoms with Gasteiger partial charge in [-0.25, -0.2) is 0 Å². The second-order valence-corrected chi connectivity index (χ2v) is 7.89. The summed E-state index contributed by atoms with van der Waals surface area (Å²) in [6.45, 7) is 12.1. The number of phenolic OH excluding ortho intramolecular Hbond substituents is 1. The summed E-state index contributed by atoms with van der Waals surface area (Å²) >= 11 is 6.18. The van der Waals surface area contributed by atoms with Crippen LogP contribution in [0.1, 0.15) is 52.2 Å². The average molecular weight is 314 g/mol. The predicted molar refractivity (Wildman–Crippen MR) is 89.0 cm³/mol. The van der Waals surface area contributed by atoms with Crippen LogP contribution in [0.3, 0.4) is 0 Å². The Morgan fingerprint density at radius 1 is 1.14 bits per heavy atom. The maximum absolute atomic E-state index is 10.1. The number of nitrogens with one attached hydrogen (secondary N) is 1. The lowest BCUT2D eigenvalue weighted by Crippen LogP contribution is -2.25.